The van der Waals surface area contributed by atoms with Gasteiger partial charge < -0.3 is 14.6 Å². The van der Waals surface area contributed by atoms with Crippen LogP contribution in [0.15, 0.2) is 36.7 Å². The second kappa shape index (κ2) is 6.18. The summed E-state index contributed by atoms with van der Waals surface area (Å²) in [6.07, 6.45) is 2.53. The fraction of sp³-hybridized carbons (Fsp3) is 0.286. The number of imidazole rings is 1. The highest BCUT2D eigenvalue weighted by Gasteiger charge is 2.20. The average molecular weight is 277 g/mol. The number of rotatable bonds is 5. The van der Waals surface area contributed by atoms with E-state index in [0.717, 1.165) is 0 Å². The third-order valence-corrected chi connectivity index (χ3v) is 2.81. The molecule has 0 aliphatic carbocycles. The Bertz CT molecular complexity index is 572. The summed E-state index contributed by atoms with van der Waals surface area (Å²) in [5.41, 5.74) is 0. The van der Waals surface area contributed by atoms with Gasteiger partial charge in [-0.25, -0.2) is 9.37 Å². The van der Waals surface area contributed by atoms with Gasteiger partial charge in [-0.05, 0) is 19.1 Å². The van der Waals surface area contributed by atoms with Crippen LogP contribution in [0.2, 0.25) is 0 Å². The van der Waals surface area contributed by atoms with Crippen molar-refractivity contribution >= 4 is 5.91 Å². The molecule has 1 atom stereocenters. The second-order valence-corrected chi connectivity index (χ2v) is 4.42. The number of H-pyrrole nitrogens is 1. The fourth-order valence-electron chi connectivity index (χ4n) is 1.78. The number of amides is 1. The maximum Gasteiger partial charge on any atom is 0.263 e. The van der Waals surface area contributed by atoms with E-state index in [1.165, 1.54) is 17.0 Å². The Balaban J connectivity index is 1.96. The lowest BCUT2D eigenvalue weighted by molar-refractivity contribution is -0.137. The first-order valence-electron chi connectivity index (χ1n) is 6.22. The first kappa shape index (κ1) is 14.0. The van der Waals surface area contributed by atoms with E-state index in [-0.39, 0.29) is 11.7 Å². The van der Waals surface area contributed by atoms with Gasteiger partial charge in [0, 0.05) is 19.4 Å². The summed E-state index contributed by atoms with van der Waals surface area (Å²) in [5.74, 6) is 0.0178. The van der Waals surface area contributed by atoms with E-state index in [2.05, 4.69) is 9.97 Å². The summed E-state index contributed by atoms with van der Waals surface area (Å²) in [6.45, 7) is 1.93. The summed E-state index contributed by atoms with van der Waals surface area (Å²) in [6, 6.07) is 6.00. The Morgan fingerprint density at radius 2 is 2.25 bits per heavy atom. The van der Waals surface area contributed by atoms with Gasteiger partial charge in [0.25, 0.3) is 5.91 Å². The summed E-state index contributed by atoms with van der Waals surface area (Å²) in [7, 11) is 1.64. The van der Waals surface area contributed by atoms with Crippen molar-refractivity contribution in [2.45, 2.75) is 19.6 Å². The molecule has 0 spiro atoms. The monoisotopic (exact) mass is 277 g/mol. The average Bonchev–Trinajstić information content (AvgIpc) is 2.93. The van der Waals surface area contributed by atoms with Crippen LogP contribution in [0.5, 0.6) is 5.75 Å². The van der Waals surface area contributed by atoms with Gasteiger partial charge in [0.1, 0.15) is 5.82 Å². The van der Waals surface area contributed by atoms with Crippen LogP contribution < -0.4 is 4.74 Å². The molecule has 1 heterocycles. The standard InChI is InChI=1S/C14H16FN3O2/c1-10(20-12-6-4-3-5-11(12)15)14(19)18(2)9-13-16-7-8-17-13/h3-8,10H,9H2,1-2H3,(H,16,17). The number of para-hydroxylation sites is 1. The number of carbonyl (C=O) groups is 1. The van der Waals surface area contributed by atoms with E-state index >= 15 is 0 Å². The predicted molar refractivity (Wildman–Crippen MR) is 71.6 cm³/mol. The van der Waals surface area contributed by atoms with Crippen molar-refractivity contribution in [3.05, 3.63) is 48.3 Å². The number of halogens is 1. The highest BCUT2D eigenvalue weighted by atomic mass is 19.1. The quantitative estimate of drug-likeness (QED) is 0.909. The third-order valence-electron chi connectivity index (χ3n) is 2.81. The van der Waals surface area contributed by atoms with Gasteiger partial charge in [-0.3, -0.25) is 4.79 Å². The lowest BCUT2D eigenvalue weighted by Crippen LogP contribution is -2.37. The van der Waals surface area contributed by atoms with Gasteiger partial charge in [-0.15, -0.1) is 0 Å². The van der Waals surface area contributed by atoms with Crippen LogP contribution >= 0.6 is 0 Å². The minimum atomic E-state index is -0.771. The van der Waals surface area contributed by atoms with E-state index < -0.39 is 11.9 Å². The van der Waals surface area contributed by atoms with Gasteiger partial charge in [0.15, 0.2) is 17.7 Å². The molecule has 5 nitrogen and oxygen atoms in total. The van der Waals surface area contributed by atoms with E-state index in [9.17, 15) is 9.18 Å². The van der Waals surface area contributed by atoms with Gasteiger partial charge in [-0.1, -0.05) is 12.1 Å². The second-order valence-electron chi connectivity index (χ2n) is 4.42. The smallest absolute Gasteiger partial charge is 0.263 e. The van der Waals surface area contributed by atoms with Crippen LogP contribution in [0.4, 0.5) is 4.39 Å². The highest BCUT2D eigenvalue weighted by molar-refractivity contribution is 5.80. The van der Waals surface area contributed by atoms with Crippen molar-refractivity contribution in [1.82, 2.24) is 14.9 Å². The first-order valence-corrected chi connectivity index (χ1v) is 6.22. The van der Waals surface area contributed by atoms with Crippen LogP contribution in [0.25, 0.3) is 0 Å². The molecular weight excluding hydrogens is 261 g/mol. The highest BCUT2D eigenvalue weighted by Crippen LogP contribution is 2.17. The van der Waals surface area contributed by atoms with Crippen molar-refractivity contribution in [3.63, 3.8) is 0 Å². The zero-order valence-electron chi connectivity index (χ0n) is 11.3. The number of carbonyl (C=O) groups excluding carboxylic acids is 1. The molecule has 0 saturated carbocycles. The SMILES string of the molecule is CC(Oc1ccccc1F)C(=O)N(C)Cc1ncc[nH]1. The largest absolute Gasteiger partial charge is 0.478 e. The number of nitrogens with zero attached hydrogens (tertiary/aromatic N) is 2. The van der Waals surface area contributed by atoms with Crippen molar-refractivity contribution in [1.29, 1.82) is 0 Å². The predicted octanol–water partition coefficient (Wildman–Crippen LogP) is 1.97. The molecule has 0 radical (unpaired) electrons. The van der Waals surface area contributed by atoms with E-state index in [1.807, 2.05) is 0 Å². The minimum absolute atomic E-state index is 0.0692. The molecule has 1 N–H and O–H groups in total. The number of hydrogen-bond donors (Lipinski definition) is 1. The number of likely N-dealkylation sites (N-methyl/N-ethyl adjacent to an activating group) is 1. The van der Waals surface area contributed by atoms with Gasteiger partial charge in [0.2, 0.25) is 0 Å². The molecule has 0 aliphatic rings. The number of nitrogens with one attached hydrogen (secondary N) is 1. The number of ether oxygens (including phenoxy) is 1. The summed E-state index contributed by atoms with van der Waals surface area (Å²) in [5, 5.41) is 0. The van der Waals surface area contributed by atoms with Crippen molar-refractivity contribution in [2.75, 3.05) is 7.05 Å². The molecule has 1 unspecified atom stereocenters. The van der Waals surface area contributed by atoms with Crippen LogP contribution in [0.1, 0.15) is 12.7 Å². The number of aromatic amines is 1. The number of aromatic nitrogens is 2. The zero-order chi connectivity index (χ0) is 14.5. The molecule has 2 rings (SSSR count). The summed E-state index contributed by atoms with van der Waals surface area (Å²) >= 11 is 0. The van der Waals surface area contributed by atoms with Gasteiger partial charge >= 0.3 is 0 Å². The summed E-state index contributed by atoms with van der Waals surface area (Å²) < 4.78 is 18.8. The Labute approximate surface area is 116 Å². The topological polar surface area (TPSA) is 58.2 Å². The first-order chi connectivity index (χ1) is 9.58. The maximum atomic E-state index is 13.5. The lowest BCUT2D eigenvalue weighted by atomic mass is 10.3. The Morgan fingerprint density at radius 1 is 1.50 bits per heavy atom. The lowest BCUT2D eigenvalue weighted by Gasteiger charge is -2.21. The van der Waals surface area contributed by atoms with Crippen LogP contribution in [-0.4, -0.2) is 33.9 Å². The fourth-order valence-corrected chi connectivity index (χ4v) is 1.78. The van der Waals surface area contributed by atoms with Crippen molar-refractivity contribution in [2.24, 2.45) is 0 Å². The Hall–Kier alpha value is -2.37. The van der Waals surface area contributed by atoms with Gasteiger partial charge in [-0.2, -0.15) is 0 Å². The molecule has 106 valence electrons. The molecule has 2 aromatic rings. The molecular formula is C14H16FN3O2. The Morgan fingerprint density at radius 3 is 2.90 bits per heavy atom. The van der Waals surface area contributed by atoms with Crippen LogP contribution in [-0.2, 0) is 11.3 Å². The van der Waals surface area contributed by atoms with Crippen molar-refractivity contribution < 1.29 is 13.9 Å². The molecule has 0 fully saturated rings. The summed E-state index contributed by atoms with van der Waals surface area (Å²) in [4.78, 5) is 20.6. The molecule has 1 amide bonds. The van der Waals surface area contributed by atoms with Crippen LogP contribution in [0.3, 0.4) is 0 Å². The molecule has 1 aromatic carbocycles. The van der Waals surface area contributed by atoms with E-state index in [4.69, 9.17) is 4.74 Å². The van der Waals surface area contributed by atoms with Crippen molar-refractivity contribution in [3.8, 4) is 5.75 Å². The molecule has 20 heavy (non-hydrogen) atoms. The normalized spacial score (nSPS) is 11.9. The van der Waals surface area contributed by atoms with E-state index in [1.54, 1.807) is 38.5 Å². The molecule has 1 aromatic heterocycles. The molecule has 0 saturated heterocycles. The minimum Gasteiger partial charge on any atom is -0.478 e. The molecule has 0 aliphatic heterocycles. The Kier molecular flexibility index (Phi) is 4.34. The number of hydrogen-bond acceptors (Lipinski definition) is 3. The zero-order valence-corrected chi connectivity index (χ0v) is 11.3. The van der Waals surface area contributed by atoms with Crippen LogP contribution in [0, 0.1) is 5.82 Å². The van der Waals surface area contributed by atoms with E-state index in [0.29, 0.717) is 12.4 Å². The molecule has 0 bridgehead atoms. The third kappa shape index (κ3) is 3.34. The van der Waals surface area contributed by atoms with Gasteiger partial charge in [0.05, 0.1) is 6.54 Å². The maximum absolute atomic E-state index is 13.5. The molecule has 6 heteroatoms. The number of benzene rings is 1.